The summed E-state index contributed by atoms with van der Waals surface area (Å²) in [7, 11) is 0. The summed E-state index contributed by atoms with van der Waals surface area (Å²) in [4.78, 5) is 19.0. The van der Waals surface area contributed by atoms with Gasteiger partial charge in [-0.2, -0.15) is 0 Å². The Bertz CT molecular complexity index is 611. The van der Waals surface area contributed by atoms with Gasteiger partial charge in [-0.15, -0.1) is 11.3 Å². The zero-order valence-electron chi connectivity index (χ0n) is 11.6. The van der Waals surface area contributed by atoms with Crippen molar-refractivity contribution in [2.45, 2.75) is 43.9 Å². The molecule has 0 aromatic carbocycles. The van der Waals surface area contributed by atoms with Crippen LogP contribution in [-0.2, 0) is 6.54 Å². The lowest BCUT2D eigenvalue weighted by atomic mass is 9.95. The number of fused-ring (bicyclic) bond motifs is 2. The highest BCUT2D eigenvalue weighted by atomic mass is 32.1. The molecule has 0 saturated carbocycles. The average Bonchev–Trinajstić information content (AvgIpc) is 3.24. The molecule has 2 unspecified atom stereocenters. The predicted molar refractivity (Wildman–Crippen MR) is 79.0 cm³/mol. The summed E-state index contributed by atoms with van der Waals surface area (Å²) in [5.74, 6) is 0.288. The van der Waals surface area contributed by atoms with Crippen LogP contribution in [0, 0.1) is 0 Å². The van der Waals surface area contributed by atoms with Gasteiger partial charge in [-0.25, -0.2) is 4.98 Å². The standard InChI is InChI=1S/C15H17N3O2S/c19-15(13-2-1-6-20-13)17-11-8-10-3-4-12(11)18(10)9-14-16-5-7-21-14/h1-2,5-7,10-12H,3-4,8-9H2,(H,17,19)/t10?,11-,12?/m1/s1. The van der Waals surface area contributed by atoms with Gasteiger partial charge in [0, 0.05) is 29.7 Å². The first kappa shape index (κ1) is 13.0. The number of carbonyl (C=O) groups is 1. The SMILES string of the molecule is O=C(N[C@@H]1CC2CCC1N2Cc1nccs1)c1ccco1. The Labute approximate surface area is 127 Å². The first-order valence-electron chi connectivity index (χ1n) is 7.30. The maximum absolute atomic E-state index is 12.1. The third kappa shape index (κ3) is 2.38. The maximum Gasteiger partial charge on any atom is 0.287 e. The van der Waals surface area contributed by atoms with Crippen molar-refractivity contribution in [1.82, 2.24) is 15.2 Å². The number of rotatable bonds is 4. The van der Waals surface area contributed by atoms with Gasteiger partial charge >= 0.3 is 0 Å². The van der Waals surface area contributed by atoms with E-state index >= 15 is 0 Å². The van der Waals surface area contributed by atoms with Crippen molar-refractivity contribution in [1.29, 1.82) is 0 Å². The van der Waals surface area contributed by atoms with Crippen LogP contribution in [0.15, 0.2) is 34.4 Å². The Morgan fingerprint density at radius 2 is 2.48 bits per heavy atom. The first-order chi connectivity index (χ1) is 10.3. The molecular weight excluding hydrogens is 286 g/mol. The normalized spacial score (nSPS) is 28.1. The van der Waals surface area contributed by atoms with Crippen LogP contribution in [0.1, 0.15) is 34.8 Å². The zero-order valence-corrected chi connectivity index (χ0v) is 12.4. The number of hydrogen-bond donors (Lipinski definition) is 1. The molecule has 21 heavy (non-hydrogen) atoms. The van der Waals surface area contributed by atoms with Crippen molar-refractivity contribution in [2.24, 2.45) is 0 Å². The highest BCUT2D eigenvalue weighted by Gasteiger charge is 2.46. The number of nitrogens with one attached hydrogen (secondary N) is 1. The van der Waals surface area contributed by atoms with Gasteiger partial charge in [-0.3, -0.25) is 9.69 Å². The first-order valence-corrected chi connectivity index (χ1v) is 8.18. The second-order valence-corrected chi connectivity index (χ2v) is 6.67. The largest absolute Gasteiger partial charge is 0.459 e. The summed E-state index contributed by atoms with van der Waals surface area (Å²) in [5.41, 5.74) is 0. The van der Waals surface area contributed by atoms with E-state index in [-0.39, 0.29) is 11.9 Å². The Morgan fingerprint density at radius 3 is 3.24 bits per heavy atom. The van der Waals surface area contributed by atoms with E-state index in [9.17, 15) is 4.79 Å². The summed E-state index contributed by atoms with van der Waals surface area (Å²) in [6.07, 6.45) is 6.80. The molecule has 3 atom stereocenters. The van der Waals surface area contributed by atoms with Crippen molar-refractivity contribution in [3.63, 3.8) is 0 Å². The molecule has 0 aliphatic carbocycles. The van der Waals surface area contributed by atoms with E-state index in [1.165, 1.54) is 12.7 Å². The average molecular weight is 303 g/mol. The molecule has 4 rings (SSSR count). The van der Waals surface area contributed by atoms with Gasteiger partial charge in [0.25, 0.3) is 5.91 Å². The zero-order chi connectivity index (χ0) is 14.2. The van der Waals surface area contributed by atoms with Crippen molar-refractivity contribution in [3.05, 3.63) is 40.7 Å². The Balaban J connectivity index is 1.43. The molecule has 1 amide bonds. The van der Waals surface area contributed by atoms with E-state index in [1.54, 1.807) is 23.5 Å². The summed E-state index contributed by atoms with van der Waals surface area (Å²) < 4.78 is 5.16. The lowest BCUT2D eigenvalue weighted by Crippen LogP contribution is -2.43. The minimum absolute atomic E-state index is 0.105. The highest BCUT2D eigenvalue weighted by Crippen LogP contribution is 2.39. The van der Waals surface area contributed by atoms with Crippen molar-refractivity contribution in [2.75, 3.05) is 0 Å². The molecule has 2 aromatic rings. The molecule has 2 fully saturated rings. The van der Waals surface area contributed by atoms with Crippen LogP contribution in [0.2, 0.25) is 0 Å². The van der Waals surface area contributed by atoms with Gasteiger partial charge in [-0.05, 0) is 31.4 Å². The van der Waals surface area contributed by atoms with E-state index in [4.69, 9.17) is 4.42 Å². The number of carbonyl (C=O) groups excluding carboxylic acids is 1. The minimum Gasteiger partial charge on any atom is -0.459 e. The van der Waals surface area contributed by atoms with Crippen LogP contribution in [0.5, 0.6) is 0 Å². The van der Waals surface area contributed by atoms with E-state index in [2.05, 4.69) is 15.2 Å². The second kappa shape index (κ2) is 5.27. The Kier molecular flexibility index (Phi) is 3.27. The third-order valence-electron chi connectivity index (χ3n) is 4.54. The van der Waals surface area contributed by atoms with E-state index in [0.29, 0.717) is 17.8 Å². The van der Waals surface area contributed by atoms with E-state index in [1.807, 2.05) is 11.6 Å². The van der Waals surface area contributed by atoms with Crippen molar-refractivity contribution >= 4 is 17.2 Å². The fourth-order valence-corrected chi connectivity index (χ4v) is 4.26. The quantitative estimate of drug-likeness (QED) is 0.941. The number of nitrogens with zero attached hydrogens (tertiary/aromatic N) is 2. The van der Waals surface area contributed by atoms with Crippen molar-refractivity contribution in [3.8, 4) is 0 Å². The van der Waals surface area contributed by atoms with Crippen LogP contribution in [-0.4, -0.2) is 33.9 Å². The fourth-order valence-electron chi connectivity index (χ4n) is 3.64. The smallest absolute Gasteiger partial charge is 0.287 e. The molecule has 4 heterocycles. The van der Waals surface area contributed by atoms with Gasteiger partial charge < -0.3 is 9.73 Å². The second-order valence-electron chi connectivity index (χ2n) is 5.69. The summed E-state index contributed by atoms with van der Waals surface area (Å²) in [6, 6.07) is 4.67. The van der Waals surface area contributed by atoms with Gasteiger partial charge in [0.2, 0.25) is 0 Å². The molecule has 110 valence electrons. The molecule has 2 aliphatic rings. The topological polar surface area (TPSA) is 58.4 Å². The highest BCUT2D eigenvalue weighted by molar-refractivity contribution is 7.09. The fraction of sp³-hybridized carbons (Fsp3) is 0.467. The number of thiazole rings is 1. The molecule has 2 bridgehead atoms. The van der Waals surface area contributed by atoms with E-state index in [0.717, 1.165) is 24.4 Å². The molecule has 0 spiro atoms. The van der Waals surface area contributed by atoms with Crippen LogP contribution in [0.25, 0.3) is 0 Å². The van der Waals surface area contributed by atoms with E-state index < -0.39 is 0 Å². The van der Waals surface area contributed by atoms with Gasteiger partial charge in [0.05, 0.1) is 12.8 Å². The summed E-state index contributed by atoms with van der Waals surface area (Å²) in [6.45, 7) is 0.903. The van der Waals surface area contributed by atoms with Gasteiger partial charge in [0.1, 0.15) is 5.01 Å². The molecule has 1 N–H and O–H groups in total. The Morgan fingerprint density at radius 1 is 1.52 bits per heavy atom. The molecule has 0 radical (unpaired) electrons. The molecule has 2 aliphatic heterocycles. The number of hydrogen-bond acceptors (Lipinski definition) is 5. The van der Waals surface area contributed by atoms with Crippen LogP contribution >= 0.6 is 11.3 Å². The monoisotopic (exact) mass is 303 g/mol. The maximum atomic E-state index is 12.1. The lowest BCUT2D eigenvalue weighted by molar-refractivity contribution is 0.0897. The molecule has 2 aromatic heterocycles. The van der Waals surface area contributed by atoms with Crippen LogP contribution in [0.4, 0.5) is 0 Å². The third-order valence-corrected chi connectivity index (χ3v) is 5.31. The van der Waals surface area contributed by atoms with Crippen molar-refractivity contribution < 1.29 is 9.21 Å². The Hall–Kier alpha value is -1.66. The summed E-state index contributed by atoms with van der Waals surface area (Å²) >= 11 is 1.70. The van der Waals surface area contributed by atoms with Gasteiger partial charge in [0.15, 0.2) is 5.76 Å². The molecule has 5 nitrogen and oxygen atoms in total. The molecule has 2 saturated heterocycles. The molecule has 6 heteroatoms. The molecular formula is C15H17N3O2S. The number of furan rings is 1. The van der Waals surface area contributed by atoms with Crippen LogP contribution < -0.4 is 5.32 Å². The minimum atomic E-state index is -0.105. The number of aromatic nitrogens is 1. The number of amides is 1. The van der Waals surface area contributed by atoms with Gasteiger partial charge in [-0.1, -0.05) is 0 Å². The summed E-state index contributed by atoms with van der Waals surface area (Å²) in [5, 5.41) is 6.31. The van der Waals surface area contributed by atoms with Crippen LogP contribution in [0.3, 0.4) is 0 Å². The predicted octanol–water partition coefficient (Wildman–Crippen LogP) is 2.27. The lowest BCUT2D eigenvalue weighted by Gasteiger charge is -2.24.